The average molecular weight is 264 g/mol. The zero-order valence-corrected chi connectivity index (χ0v) is 10.5. The minimum absolute atomic E-state index is 0.279. The number of nitrogens with zero attached hydrogens (tertiary/aromatic N) is 1. The van der Waals surface area contributed by atoms with Crippen LogP contribution in [0.1, 0.15) is 42.5 Å². The van der Waals surface area contributed by atoms with Crippen LogP contribution in [-0.4, -0.2) is 22.0 Å². The maximum atomic E-state index is 10.9. The van der Waals surface area contributed by atoms with Crippen LogP contribution in [0.2, 0.25) is 0 Å². The third-order valence-electron chi connectivity index (χ3n) is 3.40. The lowest BCUT2D eigenvalue weighted by Crippen LogP contribution is -2.22. The summed E-state index contributed by atoms with van der Waals surface area (Å²) in [6, 6.07) is 4.50. The Bertz CT molecular complexity index is 495. The summed E-state index contributed by atoms with van der Waals surface area (Å²) in [7, 11) is 0. The van der Waals surface area contributed by atoms with Crippen molar-refractivity contribution in [2.24, 2.45) is 0 Å². The number of carboxylic acids is 1. The van der Waals surface area contributed by atoms with Crippen LogP contribution in [0.15, 0.2) is 18.2 Å². The van der Waals surface area contributed by atoms with Gasteiger partial charge in [-0.15, -0.1) is 0 Å². The lowest BCUT2D eigenvalue weighted by Gasteiger charge is -2.23. The standard InChI is InChI=1S/C13H16N2O4/c16-13(17)11-7-6-10(8-12(11)15(18)19)14-9-4-2-1-3-5-9/h6-9,14H,1-5H2,(H,16,17). The molecule has 0 aromatic heterocycles. The van der Waals surface area contributed by atoms with Crippen LogP contribution in [0.3, 0.4) is 0 Å². The average Bonchev–Trinajstić information content (AvgIpc) is 2.39. The highest BCUT2D eigenvalue weighted by atomic mass is 16.6. The second-order valence-corrected chi connectivity index (χ2v) is 4.77. The molecule has 102 valence electrons. The van der Waals surface area contributed by atoms with E-state index in [0.717, 1.165) is 25.7 Å². The zero-order chi connectivity index (χ0) is 13.8. The summed E-state index contributed by atoms with van der Waals surface area (Å²) < 4.78 is 0. The molecule has 0 spiro atoms. The van der Waals surface area contributed by atoms with E-state index in [1.165, 1.54) is 18.6 Å². The summed E-state index contributed by atoms with van der Waals surface area (Å²) >= 11 is 0. The van der Waals surface area contributed by atoms with Crippen LogP contribution in [0.5, 0.6) is 0 Å². The molecule has 0 radical (unpaired) electrons. The number of rotatable bonds is 4. The summed E-state index contributed by atoms with van der Waals surface area (Å²) in [4.78, 5) is 21.1. The highest BCUT2D eigenvalue weighted by Gasteiger charge is 2.21. The van der Waals surface area contributed by atoms with E-state index < -0.39 is 10.9 Å². The molecular weight excluding hydrogens is 248 g/mol. The minimum atomic E-state index is -1.28. The second-order valence-electron chi connectivity index (χ2n) is 4.77. The quantitative estimate of drug-likeness (QED) is 0.644. The van der Waals surface area contributed by atoms with E-state index in [9.17, 15) is 14.9 Å². The molecule has 1 fully saturated rings. The number of hydrogen-bond donors (Lipinski definition) is 2. The molecule has 6 heteroatoms. The number of benzene rings is 1. The van der Waals surface area contributed by atoms with E-state index in [1.54, 1.807) is 6.07 Å². The first-order valence-electron chi connectivity index (χ1n) is 6.36. The number of nitro groups is 1. The number of hydrogen-bond acceptors (Lipinski definition) is 4. The van der Waals surface area contributed by atoms with Gasteiger partial charge in [0.05, 0.1) is 4.92 Å². The second kappa shape index (κ2) is 5.69. The molecule has 0 unspecified atom stereocenters. The fraction of sp³-hybridized carbons (Fsp3) is 0.462. The van der Waals surface area contributed by atoms with E-state index in [0.29, 0.717) is 11.7 Å². The van der Waals surface area contributed by atoms with Gasteiger partial charge in [0.25, 0.3) is 5.69 Å². The molecule has 1 aliphatic rings. The fourth-order valence-electron chi connectivity index (χ4n) is 2.44. The van der Waals surface area contributed by atoms with Gasteiger partial charge in [-0.1, -0.05) is 19.3 Å². The fourth-order valence-corrected chi connectivity index (χ4v) is 2.44. The van der Waals surface area contributed by atoms with Gasteiger partial charge in [-0.2, -0.15) is 0 Å². The van der Waals surface area contributed by atoms with Crippen molar-refractivity contribution in [3.05, 3.63) is 33.9 Å². The highest BCUT2D eigenvalue weighted by molar-refractivity contribution is 5.93. The molecule has 2 N–H and O–H groups in total. The Kier molecular flexibility index (Phi) is 3.99. The van der Waals surface area contributed by atoms with Crippen molar-refractivity contribution in [3.63, 3.8) is 0 Å². The van der Waals surface area contributed by atoms with Gasteiger partial charge in [0, 0.05) is 17.8 Å². The first-order valence-corrected chi connectivity index (χ1v) is 6.36. The molecule has 2 rings (SSSR count). The molecule has 0 aliphatic heterocycles. The van der Waals surface area contributed by atoms with Gasteiger partial charge in [-0.05, 0) is 25.0 Å². The molecule has 1 aromatic rings. The number of nitrogens with one attached hydrogen (secondary N) is 1. The summed E-state index contributed by atoms with van der Waals surface area (Å²) in [6.45, 7) is 0. The van der Waals surface area contributed by atoms with E-state index in [4.69, 9.17) is 5.11 Å². The van der Waals surface area contributed by atoms with Crippen LogP contribution in [0.25, 0.3) is 0 Å². The monoisotopic (exact) mass is 264 g/mol. The number of nitro benzene ring substituents is 1. The molecule has 1 aromatic carbocycles. The molecule has 1 aliphatic carbocycles. The van der Waals surface area contributed by atoms with Crippen LogP contribution >= 0.6 is 0 Å². The maximum absolute atomic E-state index is 10.9. The topological polar surface area (TPSA) is 92.5 Å². The lowest BCUT2D eigenvalue weighted by atomic mass is 9.95. The Morgan fingerprint density at radius 2 is 2.00 bits per heavy atom. The molecule has 6 nitrogen and oxygen atoms in total. The minimum Gasteiger partial charge on any atom is -0.477 e. The van der Waals surface area contributed by atoms with Gasteiger partial charge in [-0.25, -0.2) is 4.79 Å². The first-order chi connectivity index (χ1) is 9.08. The zero-order valence-electron chi connectivity index (χ0n) is 10.5. The van der Waals surface area contributed by atoms with Crippen molar-refractivity contribution >= 4 is 17.3 Å². The molecule has 1 saturated carbocycles. The number of carbonyl (C=O) groups is 1. The Labute approximate surface area is 110 Å². The summed E-state index contributed by atoms with van der Waals surface area (Å²) in [5.41, 5.74) is -0.0314. The third-order valence-corrected chi connectivity index (χ3v) is 3.40. The van der Waals surface area contributed by atoms with Crippen molar-refractivity contribution < 1.29 is 14.8 Å². The predicted octanol–water partition coefficient (Wildman–Crippen LogP) is 3.04. The van der Waals surface area contributed by atoms with Gasteiger partial charge in [0.2, 0.25) is 0 Å². The van der Waals surface area contributed by atoms with Crippen LogP contribution < -0.4 is 5.32 Å². The van der Waals surface area contributed by atoms with Crippen LogP contribution in [0.4, 0.5) is 11.4 Å². The van der Waals surface area contributed by atoms with E-state index in [2.05, 4.69) is 5.32 Å². The summed E-state index contributed by atoms with van der Waals surface area (Å²) in [5, 5.41) is 23.0. The Hall–Kier alpha value is -2.11. The largest absolute Gasteiger partial charge is 0.477 e. The lowest BCUT2D eigenvalue weighted by molar-refractivity contribution is -0.385. The number of anilines is 1. The molecular formula is C13H16N2O4. The van der Waals surface area contributed by atoms with E-state index in [1.807, 2.05) is 0 Å². The van der Waals surface area contributed by atoms with E-state index >= 15 is 0 Å². The summed E-state index contributed by atoms with van der Waals surface area (Å²) in [5.74, 6) is -1.28. The smallest absolute Gasteiger partial charge is 0.342 e. The maximum Gasteiger partial charge on any atom is 0.342 e. The van der Waals surface area contributed by atoms with Crippen molar-refractivity contribution in [3.8, 4) is 0 Å². The highest BCUT2D eigenvalue weighted by Crippen LogP contribution is 2.26. The van der Waals surface area contributed by atoms with E-state index in [-0.39, 0.29) is 11.3 Å². The van der Waals surface area contributed by atoms with Gasteiger partial charge >= 0.3 is 5.97 Å². The van der Waals surface area contributed by atoms with Crippen LogP contribution in [-0.2, 0) is 0 Å². The number of carboxylic acid groups (broad SMARTS) is 1. The third kappa shape index (κ3) is 3.21. The van der Waals surface area contributed by atoms with Gasteiger partial charge in [0.15, 0.2) is 0 Å². The molecule has 0 heterocycles. The van der Waals surface area contributed by atoms with Gasteiger partial charge < -0.3 is 10.4 Å². The van der Waals surface area contributed by atoms with Gasteiger partial charge in [-0.3, -0.25) is 10.1 Å². The molecule has 0 saturated heterocycles. The number of aromatic carboxylic acids is 1. The Balaban J connectivity index is 2.20. The normalized spacial score (nSPS) is 16.0. The first kappa shape index (κ1) is 13.3. The molecule has 0 atom stereocenters. The van der Waals surface area contributed by atoms with Crippen LogP contribution in [0, 0.1) is 10.1 Å². The Morgan fingerprint density at radius 1 is 1.32 bits per heavy atom. The Morgan fingerprint density at radius 3 is 2.58 bits per heavy atom. The molecule has 19 heavy (non-hydrogen) atoms. The predicted molar refractivity (Wildman–Crippen MR) is 70.6 cm³/mol. The SMILES string of the molecule is O=C(O)c1ccc(NC2CCCCC2)cc1[N+](=O)[O-]. The van der Waals surface area contributed by atoms with Crippen molar-refractivity contribution in [1.82, 2.24) is 0 Å². The van der Waals surface area contributed by atoms with Gasteiger partial charge in [0.1, 0.15) is 5.56 Å². The van der Waals surface area contributed by atoms with Crippen molar-refractivity contribution in [1.29, 1.82) is 0 Å². The molecule has 0 amide bonds. The molecule has 0 bridgehead atoms. The van der Waals surface area contributed by atoms with Crippen molar-refractivity contribution in [2.45, 2.75) is 38.1 Å². The summed E-state index contributed by atoms with van der Waals surface area (Å²) in [6.07, 6.45) is 5.65. The van der Waals surface area contributed by atoms with Crippen molar-refractivity contribution in [2.75, 3.05) is 5.32 Å².